The van der Waals surface area contributed by atoms with Gasteiger partial charge in [-0.1, -0.05) is 25.5 Å². The van der Waals surface area contributed by atoms with Gasteiger partial charge in [0.1, 0.15) is 0 Å². The molecule has 1 unspecified atom stereocenters. The lowest BCUT2D eigenvalue weighted by Gasteiger charge is -2.11. The summed E-state index contributed by atoms with van der Waals surface area (Å²) in [5.41, 5.74) is 3.13. The molecule has 0 aromatic heterocycles. The van der Waals surface area contributed by atoms with Crippen LogP contribution in [0.25, 0.3) is 0 Å². The number of carbonyl (C=O) groups excluding carboxylic acids is 1. The van der Waals surface area contributed by atoms with Gasteiger partial charge < -0.3 is 5.32 Å². The van der Waals surface area contributed by atoms with Crippen molar-refractivity contribution < 1.29 is 4.79 Å². The van der Waals surface area contributed by atoms with E-state index >= 15 is 0 Å². The maximum absolute atomic E-state index is 11.9. The Labute approximate surface area is 115 Å². The summed E-state index contributed by atoms with van der Waals surface area (Å²) in [6.07, 6.45) is 2.90. The van der Waals surface area contributed by atoms with Crippen LogP contribution >= 0.6 is 0 Å². The quantitative estimate of drug-likeness (QED) is 0.839. The zero-order valence-corrected chi connectivity index (χ0v) is 12.0. The van der Waals surface area contributed by atoms with Crippen LogP contribution in [0.4, 0.5) is 5.69 Å². The molecule has 3 heteroatoms. The minimum absolute atomic E-state index is 0.00523. The summed E-state index contributed by atoms with van der Waals surface area (Å²) in [6.45, 7) is 6.08. The number of carbonyl (C=O) groups is 1. The van der Waals surface area contributed by atoms with E-state index in [1.807, 2.05) is 32.0 Å². The van der Waals surface area contributed by atoms with Crippen LogP contribution in [0.3, 0.4) is 0 Å². The zero-order chi connectivity index (χ0) is 14.3. The molecule has 1 amide bonds. The molecule has 0 aliphatic carbocycles. The molecule has 1 aromatic rings. The first-order valence-corrected chi connectivity index (χ1v) is 6.84. The smallest absolute Gasteiger partial charge is 0.224 e. The van der Waals surface area contributed by atoms with Gasteiger partial charge in [-0.15, -0.1) is 0 Å². The van der Waals surface area contributed by atoms with E-state index in [9.17, 15) is 4.79 Å². The highest BCUT2D eigenvalue weighted by Crippen LogP contribution is 2.19. The fourth-order valence-corrected chi connectivity index (χ4v) is 2.03. The van der Waals surface area contributed by atoms with E-state index in [-0.39, 0.29) is 11.8 Å². The summed E-state index contributed by atoms with van der Waals surface area (Å²) >= 11 is 0. The second-order valence-electron chi connectivity index (χ2n) is 4.95. The van der Waals surface area contributed by atoms with E-state index in [4.69, 9.17) is 5.26 Å². The molecule has 19 heavy (non-hydrogen) atoms. The summed E-state index contributed by atoms with van der Waals surface area (Å²) in [5.74, 6) is -0.0144. The van der Waals surface area contributed by atoms with Crippen LogP contribution in [0.1, 0.15) is 43.7 Å². The van der Waals surface area contributed by atoms with Gasteiger partial charge >= 0.3 is 0 Å². The van der Waals surface area contributed by atoms with Crippen molar-refractivity contribution in [1.29, 1.82) is 5.26 Å². The molecule has 0 aliphatic rings. The van der Waals surface area contributed by atoms with Crippen molar-refractivity contribution in [3.05, 3.63) is 29.3 Å². The molecule has 0 saturated carbocycles. The predicted octanol–water partition coefficient (Wildman–Crippen LogP) is 3.96. The van der Waals surface area contributed by atoms with Crippen molar-refractivity contribution in [2.75, 3.05) is 5.32 Å². The Bertz CT molecular complexity index is 474. The van der Waals surface area contributed by atoms with Crippen LogP contribution < -0.4 is 5.32 Å². The highest BCUT2D eigenvalue weighted by atomic mass is 16.1. The zero-order valence-electron chi connectivity index (χ0n) is 12.0. The first kappa shape index (κ1) is 15.2. The monoisotopic (exact) mass is 258 g/mol. The Kier molecular flexibility index (Phi) is 6.08. The SMILES string of the molecule is CCCC(C#N)CCC(=O)Nc1cccc(C)c1C. The Morgan fingerprint density at radius 2 is 2.11 bits per heavy atom. The molecule has 0 radical (unpaired) electrons. The van der Waals surface area contributed by atoms with Crippen molar-refractivity contribution in [2.45, 2.75) is 46.5 Å². The topological polar surface area (TPSA) is 52.9 Å². The van der Waals surface area contributed by atoms with E-state index < -0.39 is 0 Å². The van der Waals surface area contributed by atoms with Crippen LogP contribution in [-0.4, -0.2) is 5.91 Å². The fourth-order valence-electron chi connectivity index (χ4n) is 2.03. The van der Waals surface area contributed by atoms with Crippen LogP contribution in [0.15, 0.2) is 18.2 Å². The molecule has 1 atom stereocenters. The standard InChI is InChI=1S/C16H22N2O/c1-4-6-14(11-17)9-10-16(19)18-15-8-5-7-12(2)13(15)3/h5,7-8,14H,4,6,9-10H2,1-3H3,(H,18,19). The molecule has 102 valence electrons. The van der Waals surface area contributed by atoms with Gasteiger partial charge in [0.2, 0.25) is 5.91 Å². The number of rotatable bonds is 6. The third kappa shape index (κ3) is 4.75. The number of hydrogen-bond donors (Lipinski definition) is 1. The molecule has 1 N–H and O–H groups in total. The van der Waals surface area contributed by atoms with E-state index in [2.05, 4.69) is 18.3 Å². The summed E-state index contributed by atoms with van der Waals surface area (Å²) in [6, 6.07) is 8.14. The molecule has 0 heterocycles. The summed E-state index contributed by atoms with van der Waals surface area (Å²) < 4.78 is 0. The van der Waals surface area contributed by atoms with Gasteiger partial charge in [0.15, 0.2) is 0 Å². The molecule has 1 rings (SSSR count). The van der Waals surface area contributed by atoms with Crippen LogP contribution in [0.5, 0.6) is 0 Å². The normalized spacial score (nSPS) is 11.7. The van der Waals surface area contributed by atoms with Crippen molar-refractivity contribution in [3.63, 3.8) is 0 Å². The maximum Gasteiger partial charge on any atom is 0.224 e. The highest BCUT2D eigenvalue weighted by molar-refractivity contribution is 5.91. The second kappa shape index (κ2) is 7.58. The Balaban J connectivity index is 2.52. The van der Waals surface area contributed by atoms with Crippen molar-refractivity contribution in [2.24, 2.45) is 5.92 Å². The number of aryl methyl sites for hydroxylation is 1. The molecular formula is C16H22N2O. The summed E-state index contributed by atoms with van der Waals surface area (Å²) in [4.78, 5) is 11.9. The third-order valence-corrected chi connectivity index (χ3v) is 3.42. The highest BCUT2D eigenvalue weighted by Gasteiger charge is 2.11. The minimum Gasteiger partial charge on any atom is -0.326 e. The van der Waals surface area contributed by atoms with Crippen molar-refractivity contribution in [3.8, 4) is 6.07 Å². The van der Waals surface area contributed by atoms with Crippen molar-refractivity contribution in [1.82, 2.24) is 0 Å². The van der Waals surface area contributed by atoms with Gasteiger partial charge in [-0.2, -0.15) is 5.26 Å². The van der Waals surface area contributed by atoms with Gasteiger partial charge in [0.05, 0.1) is 6.07 Å². The Morgan fingerprint density at radius 3 is 2.74 bits per heavy atom. The van der Waals surface area contributed by atoms with Gasteiger partial charge in [-0.3, -0.25) is 4.79 Å². The van der Waals surface area contributed by atoms with Crippen LogP contribution in [-0.2, 0) is 4.79 Å². The molecule has 0 fully saturated rings. The first-order chi connectivity index (χ1) is 9.08. The predicted molar refractivity (Wildman–Crippen MR) is 77.8 cm³/mol. The lowest BCUT2D eigenvalue weighted by atomic mass is 9.99. The van der Waals surface area contributed by atoms with E-state index in [1.165, 1.54) is 5.56 Å². The number of nitriles is 1. The molecule has 0 bridgehead atoms. The number of hydrogen-bond acceptors (Lipinski definition) is 2. The second-order valence-corrected chi connectivity index (χ2v) is 4.95. The average molecular weight is 258 g/mol. The molecular weight excluding hydrogens is 236 g/mol. The van der Waals surface area contributed by atoms with E-state index in [0.29, 0.717) is 12.8 Å². The lowest BCUT2D eigenvalue weighted by Crippen LogP contribution is -2.14. The third-order valence-electron chi connectivity index (χ3n) is 3.42. The maximum atomic E-state index is 11.9. The van der Waals surface area contributed by atoms with E-state index in [0.717, 1.165) is 24.1 Å². The number of anilines is 1. The van der Waals surface area contributed by atoms with Gasteiger partial charge in [0.25, 0.3) is 0 Å². The molecule has 0 aliphatic heterocycles. The van der Waals surface area contributed by atoms with Crippen LogP contribution in [0, 0.1) is 31.1 Å². The van der Waals surface area contributed by atoms with E-state index in [1.54, 1.807) is 0 Å². The number of benzene rings is 1. The molecule has 3 nitrogen and oxygen atoms in total. The summed E-state index contributed by atoms with van der Waals surface area (Å²) in [5, 5.41) is 11.9. The van der Waals surface area contributed by atoms with Gasteiger partial charge in [0, 0.05) is 18.0 Å². The largest absolute Gasteiger partial charge is 0.326 e. The van der Waals surface area contributed by atoms with Gasteiger partial charge in [-0.25, -0.2) is 0 Å². The minimum atomic E-state index is -0.00921. The summed E-state index contributed by atoms with van der Waals surface area (Å²) in [7, 11) is 0. The van der Waals surface area contributed by atoms with Crippen LogP contribution in [0.2, 0.25) is 0 Å². The average Bonchev–Trinajstić information content (AvgIpc) is 2.40. The molecule has 0 spiro atoms. The Morgan fingerprint density at radius 1 is 1.37 bits per heavy atom. The molecule has 1 aromatic carbocycles. The lowest BCUT2D eigenvalue weighted by molar-refractivity contribution is -0.116. The number of nitrogens with one attached hydrogen (secondary N) is 1. The Hall–Kier alpha value is -1.82. The van der Waals surface area contributed by atoms with Gasteiger partial charge in [-0.05, 0) is 43.9 Å². The number of amides is 1. The first-order valence-electron chi connectivity index (χ1n) is 6.84. The van der Waals surface area contributed by atoms with Crippen molar-refractivity contribution >= 4 is 11.6 Å². The number of nitrogens with zero attached hydrogens (tertiary/aromatic N) is 1. The fraction of sp³-hybridized carbons (Fsp3) is 0.500. The molecule has 0 saturated heterocycles.